The molecule has 0 saturated carbocycles. The molecule has 0 N–H and O–H groups in total. The number of nitrogens with zero attached hydrogens (tertiary/aromatic N) is 1. The van der Waals surface area contributed by atoms with Crippen LogP contribution in [0.25, 0.3) is 0 Å². The Kier molecular flexibility index (Phi) is 5.58. The van der Waals surface area contributed by atoms with E-state index in [0.717, 1.165) is 22.3 Å². The van der Waals surface area contributed by atoms with Crippen molar-refractivity contribution < 1.29 is 13.2 Å². The van der Waals surface area contributed by atoms with Crippen molar-refractivity contribution in [2.24, 2.45) is 5.92 Å². The maximum atomic E-state index is 12.8. The lowest BCUT2D eigenvalue weighted by Crippen LogP contribution is -2.40. The average Bonchev–Trinajstić information content (AvgIpc) is 2.62. The predicted molar refractivity (Wildman–Crippen MR) is 104 cm³/mol. The van der Waals surface area contributed by atoms with Gasteiger partial charge < -0.3 is 0 Å². The predicted octanol–water partition coefficient (Wildman–Crippen LogP) is 3.73. The molecule has 2 aromatic rings. The van der Waals surface area contributed by atoms with Gasteiger partial charge in [-0.3, -0.25) is 4.79 Å². The summed E-state index contributed by atoms with van der Waals surface area (Å²) in [5.74, 6) is 0.0611. The summed E-state index contributed by atoms with van der Waals surface area (Å²) in [5.41, 5.74) is 3.69. The van der Waals surface area contributed by atoms with Gasteiger partial charge >= 0.3 is 0 Å². The molecule has 26 heavy (non-hydrogen) atoms. The number of piperidine rings is 1. The van der Waals surface area contributed by atoms with Crippen LogP contribution in [0.1, 0.15) is 39.9 Å². The van der Waals surface area contributed by atoms with Gasteiger partial charge in [0, 0.05) is 24.6 Å². The Bertz CT molecular complexity index is 883. The number of hydrogen-bond acceptors (Lipinski definition) is 3. The van der Waals surface area contributed by atoms with Gasteiger partial charge in [0.15, 0.2) is 5.78 Å². The molecule has 1 heterocycles. The molecule has 1 aliphatic heterocycles. The van der Waals surface area contributed by atoms with Crippen molar-refractivity contribution in [3.8, 4) is 0 Å². The summed E-state index contributed by atoms with van der Waals surface area (Å²) in [5, 5.41) is 0. The third kappa shape index (κ3) is 4.22. The lowest BCUT2D eigenvalue weighted by molar-refractivity contribution is 0.0874. The van der Waals surface area contributed by atoms with Crippen LogP contribution < -0.4 is 0 Å². The number of ketones is 1. The smallest absolute Gasteiger partial charge is 0.218 e. The second kappa shape index (κ2) is 7.72. The largest absolute Gasteiger partial charge is 0.294 e. The number of benzene rings is 2. The summed E-state index contributed by atoms with van der Waals surface area (Å²) in [4.78, 5) is 12.8. The van der Waals surface area contributed by atoms with E-state index in [2.05, 4.69) is 0 Å². The maximum Gasteiger partial charge on any atom is 0.218 e. The van der Waals surface area contributed by atoms with E-state index in [0.29, 0.717) is 25.9 Å². The first kappa shape index (κ1) is 18.8. The number of carbonyl (C=O) groups is 1. The highest BCUT2D eigenvalue weighted by Gasteiger charge is 2.31. The zero-order chi connectivity index (χ0) is 18.7. The van der Waals surface area contributed by atoms with Gasteiger partial charge in [0.1, 0.15) is 0 Å². The minimum absolute atomic E-state index is 0.0174. The van der Waals surface area contributed by atoms with Gasteiger partial charge in [-0.05, 0) is 37.8 Å². The van der Waals surface area contributed by atoms with Crippen LogP contribution >= 0.6 is 0 Å². The van der Waals surface area contributed by atoms with E-state index in [1.165, 1.54) is 4.31 Å². The SMILES string of the molecule is Cc1ccc(C(=O)C2CCN(S(=O)(=O)Cc3ccccc3)CC2)c(C)c1. The van der Waals surface area contributed by atoms with Gasteiger partial charge in [-0.25, -0.2) is 12.7 Å². The highest BCUT2D eigenvalue weighted by atomic mass is 32.2. The van der Waals surface area contributed by atoms with Crippen LogP contribution in [0, 0.1) is 19.8 Å². The Morgan fingerprint density at radius 3 is 2.31 bits per heavy atom. The fourth-order valence-electron chi connectivity index (χ4n) is 3.58. The van der Waals surface area contributed by atoms with Crippen LogP contribution in [0.5, 0.6) is 0 Å². The quantitative estimate of drug-likeness (QED) is 0.753. The van der Waals surface area contributed by atoms with Gasteiger partial charge in [0.2, 0.25) is 10.0 Å². The molecule has 0 atom stereocenters. The molecule has 0 unspecified atom stereocenters. The molecule has 1 fully saturated rings. The molecule has 4 nitrogen and oxygen atoms in total. The summed E-state index contributed by atoms with van der Waals surface area (Å²) in [7, 11) is -3.34. The van der Waals surface area contributed by atoms with Crippen molar-refractivity contribution in [3.05, 3.63) is 70.8 Å². The zero-order valence-electron chi connectivity index (χ0n) is 15.3. The van der Waals surface area contributed by atoms with Gasteiger partial charge in [-0.1, -0.05) is 54.1 Å². The van der Waals surface area contributed by atoms with E-state index >= 15 is 0 Å². The van der Waals surface area contributed by atoms with E-state index in [-0.39, 0.29) is 17.5 Å². The summed E-state index contributed by atoms with van der Waals surface area (Å²) < 4.78 is 26.8. The maximum absolute atomic E-state index is 12.8. The van der Waals surface area contributed by atoms with Crippen LogP contribution in [0.4, 0.5) is 0 Å². The standard InChI is InChI=1S/C21H25NO3S/c1-16-8-9-20(17(2)14-16)21(23)19-10-12-22(13-11-19)26(24,25)15-18-6-4-3-5-7-18/h3-9,14,19H,10-13,15H2,1-2H3. The monoisotopic (exact) mass is 371 g/mol. The first-order valence-corrected chi connectivity index (χ1v) is 10.6. The van der Waals surface area contributed by atoms with E-state index in [1.807, 2.05) is 62.4 Å². The van der Waals surface area contributed by atoms with Crippen molar-refractivity contribution in [2.45, 2.75) is 32.4 Å². The minimum atomic E-state index is -3.34. The Hall–Kier alpha value is -1.98. The van der Waals surface area contributed by atoms with E-state index in [4.69, 9.17) is 0 Å². The molecule has 5 heteroatoms. The number of carbonyl (C=O) groups excluding carboxylic acids is 1. The second-order valence-electron chi connectivity index (χ2n) is 7.10. The highest BCUT2D eigenvalue weighted by Crippen LogP contribution is 2.26. The van der Waals surface area contributed by atoms with Crippen LogP contribution in [0.3, 0.4) is 0 Å². The van der Waals surface area contributed by atoms with Crippen LogP contribution in [-0.4, -0.2) is 31.6 Å². The molecule has 0 spiro atoms. The lowest BCUT2D eigenvalue weighted by Gasteiger charge is -2.30. The molecular formula is C21H25NO3S. The minimum Gasteiger partial charge on any atom is -0.294 e. The van der Waals surface area contributed by atoms with E-state index < -0.39 is 10.0 Å². The lowest BCUT2D eigenvalue weighted by atomic mass is 9.87. The molecule has 2 aromatic carbocycles. The van der Waals surface area contributed by atoms with Gasteiger partial charge in [-0.2, -0.15) is 0 Å². The first-order chi connectivity index (χ1) is 12.4. The molecule has 138 valence electrons. The molecular weight excluding hydrogens is 346 g/mol. The molecule has 0 radical (unpaired) electrons. The normalized spacial score (nSPS) is 16.5. The Balaban J connectivity index is 1.64. The van der Waals surface area contributed by atoms with Crippen molar-refractivity contribution in [1.82, 2.24) is 4.31 Å². The number of Topliss-reactive ketones (excluding diaryl/α,β-unsaturated/α-hetero) is 1. The Labute approximate surface area is 155 Å². The molecule has 1 aliphatic rings. The van der Waals surface area contributed by atoms with E-state index in [9.17, 15) is 13.2 Å². The second-order valence-corrected chi connectivity index (χ2v) is 9.07. The van der Waals surface area contributed by atoms with Gasteiger partial charge in [0.25, 0.3) is 0 Å². The number of hydrogen-bond donors (Lipinski definition) is 0. The summed E-state index contributed by atoms with van der Waals surface area (Å²) in [6.45, 7) is 4.80. The third-order valence-corrected chi connectivity index (χ3v) is 6.91. The van der Waals surface area contributed by atoms with E-state index in [1.54, 1.807) is 0 Å². The van der Waals surface area contributed by atoms with Crippen LogP contribution in [0.2, 0.25) is 0 Å². The number of aryl methyl sites for hydroxylation is 2. The average molecular weight is 372 g/mol. The summed E-state index contributed by atoms with van der Waals surface area (Å²) >= 11 is 0. The Morgan fingerprint density at radius 2 is 1.69 bits per heavy atom. The fourth-order valence-corrected chi connectivity index (χ4v) is 5.15. The van der Waals surface area contributed by atoms with Crippen molar-refractivity contribution in [3.63, 3.8) is 0 Å². The molecule has 0 amide bonds. The molecule has 1 saturated heterocycles. The molecule has 0 bridgehead atoms. The third-order valence-electron chi connectivity index (χ3n) is 5.06. The number of rotatable bonds is 5. The van der Waals surface area contributed by atoms with Gasteiger partial charge in [-0.15, -0.1) is 0 Å². The van der Waals surface area contributed by atoms with Crippen molar-refractivity contribution in [2.75, 3.05) is 13.1 Å². The first-order valence-electron chi connectivity index (χ1n) is 9.00. The topological polar surface area (TPSA) is 54.5 Å². The summed E-state index contributed by atoms with van der Waals surface area (Å²) in [6.07, 6.45) is 1.17. The Morgan fingerprint density at radius 1 is 1.04 bits per heavy atom. The highest BCUT2D eigenvalue weighted by molar-refractivity contribution is 7.88. The molecule has 0 aliphatic carbocycles. The fraction of sp³-hybridized carbons (Fsp3) is 0.381. The zero-order valence-corrected chi connectivity index (χ0v) is 16.1. The van der Waals surface area contributed by atoms with Crippen LogP contribution in [-0.2, 0) is 15.8 Å². The summed E-state index contributed by atoms with van der Waals surface area (Å²) in [6, 6.07) is 15.1. The van der Waals surface area contributed by atoms with Crippen molar-refractivity contribution >= 4 is 15.8 Å². The molecule has 3 rings (SSSR count). The van der Waals surface area contributed by atoms with Gasteiger partial charge in [0.05, 0.1) is 5.75 Å². The van der Waals surface area contributed by atoms with Crippen LogP contribution in [0.15, 0.2) is 48.5 Å². The number of sulfonamides is 1. The van der Waals surface area contributed by atoms with Crippen molar-refractivity contribution in [1.29, 1.82) is 0 Å². The molecule has 0 aromatic heterocycles.